The first-order valence-corrected chi connectivity index (χ1v) is 9.37. The maximum Gasteiger partial charge on any atom is 0.249 e. The molecule has 0 heterocycles. The molecule has 0 aliphatic carbocycles. The summed E-state index contributed by atoms with van der Waals surface area (Å²) in [6.45, 7) is 0. The van der Waals surface area contributed by atoms with E-state index in [9.17, 15) is 9.59 Å². The normalized spacial score (nSPS) is 10.6. The van der Waals surface area contributed by atoms with Gasteiger partial charge in [0.2, 0.25) is 11.8 Å². The second-order valence-corrected chi connectivity index (χ2v) is 7.04. The quantitative estimate of drug-likeness (QED) is 0.346. The first-order valence-electron chi connectivity index (χ1n) is 7.82. The topological polar surface area (TPSA) is 89.0 Å². The summed E-state index contributed by atoms with van der Waals surface area (Å²) in [5, 5.41) is 7.07. The predicted molar refractivity (Wildman–Crippen MR) is 113 cm³/mol. The third-order valence-electron chi connectivity index (χ3n) is 3.42. The zero-order chi connectivity index (χ0) is 20.7. The van der Waals surface area contributed by atoms with Crippen molar-refractivity contribution in [2.75, 3.05) is 19.5 Å². The fourth-order valence-corrected chi connectivity index (χ4v) is 2.83. The summed E-state index contributed by atoms with van der Waals surface area (Å²) in [4.78, 5) is 23.8. The molecule has 28 heavy (non-hydrogen) atoms. The van der Waals surface area contributed by atoms with E-state index in [0.29, 0.717) is 37.3 Å². The fourth-order valence-electron chi connectivity index (χ4n) is 2.11. The number of nitrogens with one attached hydrogen (secondary N) is 2. The number of nitrogens with zero attached hydrogens (tertiary/aromatic N) is 1. The molecular formula is C18H16BrCl2N3O4. The zero-order valence-electron chi connectivity index (χ0n) is 14.9. The molecule has 0 atom stereocenters. The van der Waals surface area contributed by atoms with Gasteiger partial charge in [-0.3, -0.25) is 9.59 Å². The third-order valence-corrected chi connectivity index (χ3v) is 4.85. The number of benzene rings is 2. The Morgan fingerprint density at radius 1 is 1.07 bits per heavy atom. The van der Waals surface area contributed by atoms with Crippen molar-refractivity contribution in [3.8, 4) is 11.5 Å². The Morgan fingerprint density at radius 2 is 1.75 bits per heavy atom. The Hall–Kier alpha value is -2.29. The summed E-state index contributed by atoms with van der Waals surface area (Å²) >= 11 is 15.1. The lowest BCUT2D eigenvalue weighted by Crippen LogP contribution is -2.24. The van der Waals surface area contributed by atoms with Crippen LogP contribution < -0.4 is 20.2 Å². The maximum absolute atomic E-state index is 11.9. The van der Waals surface area contributed by atoms with Gasteiger partial charge in [-0.1, -0.05) is 23.2 Å². The van der Waals surface area contributed by atoms with Gasteiger partial charge in [0.15, 0.2) is 11.5 Å². The molecule has 0 saturated heterocycles. The van der Waals surface area contributed by atoms with Gasteiger partial charge in [0.25, 0.3) is 0 Å². The van der Waals surface area contributed by atoms with Crippen LogP contribution in [-0.2, 0) is 9.59 Å². The van der Waals surface area contributed by atoms with Crippen molar-refractivity contribution in [3.05, 3.63) is 50.4 Å². The third kappa shape index (κ3) is 6.12. The van der Waals surface area contributed by atoms with Crippen LogP contribution in [0.15, 0.2) is 39.9 Å². The molecular weight excluding hydrogens is 473 g/mol. The number of carbonyl (C=O) groups excluding carboxylic acids is 2. The van der Waals surface area contributed by atoms with Crippen LogP contribution in [0.4, 0.5) is 5.69 Å². The minimum absolute atomic E-state index is 0.300. The van der Waals surface area contributed by atoms with Gasteiger partial charge in [-0.2, -0.15) is 5.10 Å². The Bertz CT molecular complexity index is 922. The molecule has 2 rings (SSSR count). The van der Waals surface area contributed by atoms with Gasteiger partial charge in [-0.15, -0.1) is 0 Å². The summed E-state index contributed by atoms with van der Waals surface area (Å²) in [7, 11) is 3.04. The molecule has 0 unspecified atom stereocenters. The van der Waals surface area contributed by atoms with Crippen molar-refractivity contribution in [2.45, 2.75) is 6.42 Å². The molecule has 2 amide bonds. The van der Waals surface area contributed by atoms with Gasteiger partial charge in [0, 0.05) is 15.7 Å². The number of methoxy groups -OCH3 is 2. The molecule has 148 valence electrons. The molecule has 7 nitrogen and oxygen atoms in total. The van der Waals surface area contributed by atoms with Crippen LogP contribution in [0.5, 0.6) is 11.5 Å². The molecule has 0 spiro atoms. The van der Waals surface area contributed by atoms with Crippen molar-refractivity contribution >= 4 is 62.8 Å². The number of hydrogen-bond acceptors (Lipinski definition) is 5. The molecule has 0 bridgehead atoms. The van der Waals surface area contributed by atoms with E-state index < -0.39 is 18.2 Å². The largest absolute Gasteiger partial charge is 0.493 e. The van der Waals surface area contributed by atoms with E-state index in [2.05, 4.69) is 31.8 Å². The summed E-state index contributed by atoms with van der Waals surface area (Å²) in [6, 6.07) is 8.02. The highest BCUT2D eigenvalue weighted by atomic mass is 79.9. The lowest BCUT2D eigenvalue weighted by molar-refractivity contribution is -0.126. The summed E-state index contributed by atoms with van der Waals surface area (Å²) < 4.78 is 11.1. The zero-order valence-corrected chi connectivity index (χ0v) is 18.0. The molecule has 0 aliphatic rings. The van der Waals surface area contributed by atoms with Crippen LogP contribution in [0.3, 0.4) is 0 Å². The second kappa shape index (κ2) is 10.3. The van der Waals surface area contributed by atoms with E-state index in [1.54, 1.807) is 24.3 Å². The highest BCUT2D eigenvalue weighted by Gasteiger charge is 2.11. The maximum atomic E-state index is 11.9. The van der Waals surface area contributed by atoms with Crippen LogP contribution in [0.25, 0.3) is 0 Å². The van der Waals surface area contributed by atoms with E-state index in [-0.39, 0.29) is 0 Å². The minimum atomic E-state index is -0.578. The van der Waals surface area contributed by atoms with Gasteiger partial charge in [-0.05, 0) is 46.3 Å². The Balaban J connectivity index is 1.92. The summed E-state index contributed by atoms with van der Waals surface area (Å²) in [5.41, 5.74) is 3.38. The van der Waals surface area contributed by atoms with E-state index in [1.165, 1.54) is 26.5 Å². The van der Waals surface area contributed by atoms with E-state index in [1.807, 2.05) is 0 Å². The second-order valence-electron chi connectivity index (χ2n) is 5.38. The van der Waals surface area contributed by atoms with E-state index in [0.717, 1.165) is 0 Å². The van der Waals surface area contributed by atoms with Crippen molar-refractivity contribution < 1.29 is 19.1 Å². The Labute approximate surface area is 180 Å². The van der Waals surface area contributed by atoms with Crippen molar-refractivity contribution in [1.29, 1.82) is 0 Å². The van der Waals surface area contributed by atoms with Gasteiger partial charge < -0.3 is 14.8 Å². The molecule has 0 fully saturated rings. The van der Waals surface area contributed by atoms with Crippen molar-refractivity contribution in [2.24, 2.45) is 5.10 Å². The number of halogens is 3. The molecule has 2 aromatic rings. The van der Waals surface area contributed by atoms with Crippen LogP contribution in [-0.4, -0.2) is 32.2 Å². The van der Waals surface area contributed by atoms with Crippen LogP contribution in [0.2, 0.25) is 10.0 Å². The van der Waals surface area contributed by atoms with Crippen molar-refractivity contribution in [3.63, 3.8) is 0 Å². The summed E-state index contributed by atoms with van der Waals surface area (Å²) in [6.07, 6.45) is 1.01. The smallest absolute Gasteiger partial charge is 0.249 e. The number of hydrogen-bond donors (Lipinski definition) is 2. The highest BCUT2D eigenvalue weighted by molar-refractivity contribution is 9.10. The Morgan fingerprint density at radius 3 is 2.39 bits per heavy atom. The molecule has 0 saturated carbocycles. The molecule has 0 aromatic heterocycles. The van der Waals surface area contributed by atoms with Gasteiger partial charge >= 0.3 is 0 Å². The number of anilines is 1. The average Bonchev–Trinajstić information content (AvgIpc) is 2.65. The number of hydrazone groups is 1. The molecule has 10 heteroatoms. The lowest BCUT2D eigenvalue weighted by atomic mass is 10.2. The van der Waals surface area contributed by atoms with Gasteiger partial charge in [0.05, 0.1) is 30.5 Å². The lowest BCUT2D eigenvalue weighted by Gasteiger charge is -2.09. The monoisotopic (exact) mass is 487 g/mol. The van der Waals surface area contributed by atoms with Crippen LogP contribution in [0.1, 0.15) is 12.0 Å². The molecule has 2 aromatic carbocycles. The van der Waals surface area contributed by atoms with E-state index >= 15 is 0 Å². The van der Waals surface area contributed by atoms with Gasteiger partial charge in [-0.25, -0.2) is 5.43 Å². The molecule has 0 aliphatic heterocycles. The molecule has 0 radical (unpaired) electrons. The SMILES string of the molecule is COc1cc(Br)c(C=NNC(=O)CC(=O)Nc2ccc(Cl)c(Cl)c2)cc1OC. The summed E-state index contributed by atoms with van der Waals surface area (Å²) in [5.74, 6) is -0.0298. The number of amides is 2. The first-order chi connectivity index (χ1) is 13.3. The van der Waals surface area contributed by atoms with Gasteiger partial charge in [0.1, 0.15) is 6.42 Å². The van der Waals surface area contributed by atoms with Crippen molar-refractivity contribution in [1.82, 2.24) is 5.43 Å². The standard InChI is InChI=1S/C18H16BrCl2N3O4/c1-27-15-5-10(12(19)7-16(15)28-2)9-22-24-18(26)8-17(25)23-11-3-4-13(20)14(21)6-11/h3-7,9H,8H2,1-2H3,(H,23,25)(H,24,26). The number of rotatable bonds is 7. The van der Waals surface area contributed by atoms with Crippen LogP contribution in [0, 0.1) is 0 Å². The van der Waals surface area contributed by atoms with Crippen LogP contribution >= 0.6 is 39.1 Å². The first kappa shape index (κ1) is 22.0. The number of carbonyl (C=O) groups is 2. The highest BCUT2D eigenvalue weighted by Crippen LogP contribution is 2.32. The predicted octanol–water partition coefficient (Wildman–Crippen LogP) is 4.25. The minimum Gasteiger partial charge on any atom is -0.493 e. The number of ether oxygens (including phenoxy) is 2. The average molecular weight is 489 g/mol. The molecule has 2 N–H and O–H groups in total. The fraction of sp³-hybridized carbons (Fsp3) is 0.167. The Kier molecular flexibility index (Phi) is 8.10. The van der Waals surface area contributed by atoms with E-state index in [4.69, 9.17) is 32.7 Å².